The zero-order chi connectivity index (χ0) is 25.2. The van der Waals surface area contributed by atoms with Gasteiger partial charge in [0.1, 0.15) is 11.2 Å². The van der Waals surface area contributed by atoms with E-state index in [0.29, 0.717) is 45.7 Å². The average Bonchev–Trinajstić information content (AvgIpc) is 3.62. The molecule has 3 aromatic rings. The molecule has 0 radical (unpaired) electrons. The Morgan fingerprint density at radius 3 is 2.42 bits per heavy atom. The molecular weight excluding hydrogens is 475 g/mol. The third-order valence-corrected chi connectivity index (χ3v) is 9.33. The summed E-state index contributed by atoms with van der Waals surface area (Å²) in [5, 5.41) is 22.1. The lowest BCUT2D eigenvalue weighted by Gasteiger charge is -2.39. The van der Waals surface area contributed by atoms with Gasteiger partial charge in [0.05, 0.1) is 16.7 Å². The molecule has 4 N–H and O–H groups in total. The second kappa shape index (κ2) is 6.84. The minimum absolute atomic E-state index is 0.0506. The van der Waals surface area contributed by atoms with Crippen molar-refractivity contribution in [2.75, 3.05) is 23.7 Å². The number of rotatable bonds is 4. The number of aryl methyl sites for hydroxylation is 1. The first-order valence-corrected chi connectivity index (χ1v) is 12.5. The fraction of sp³-hybridized carbons (Fsp3) is 0.625. The summed E-state index contributed by atoms with van der Waals surface area (Å²) in [5.41, 5.74) is 5.01. The summed E-state index contributed by atoms with van der Waals surface area (Å²) in [6.07, 6.45) is 0.941. The monoisotopic (exact) mass is 503 g/mol. The second-order valence-electron chi connectivity index (χ2n) is 11.1. The third-order valence-electron chi connectivity index (χ3n) is 9.33. The molecule has 0 aromatic carbocycles. The van der Waals surface area contributed by atoms with E-state index in [1.54, 1.807) is 16.6 Å². The van der Waals surface area contributed by atoms with Crippen LogP contribution in [0.1, 0.15) is 38.5 Å². The van der Waals surface area contributed by atoms with Gasteiger partial charge in [-0.2, -0.15) is 23.4 Å². The summed E-state index contributed by atoms with van der Waals surface area (Å²) in [7, 11) is 1.74. The number of hydrogen-bond acceptors (Lipinski definition) is 6. The average molecular weight is 504 g/mol. The van der Waals surface area contributed by atoms with Crippen molar-refractivity contribution in [2.24, 2.45) is 24.8 Å². The molecule has 12 heteroatoms. The Labute approximate surface area is 204 Å². The highest BCUT2D eigenvalue weighted by Gasteiger charge is 2.75. The molecule has 0 spiro atoms. The van der Waals surface area contributed by atoms with E-state index >= 15 is 0 Å². The zero-order valence-corrected chi connectivity index (χ0v) is 19.8. The van der Waals surface area contributed by atoms with Crippen molar-refractivity contribution in [3.8, 4) is 11.3 Å². The van der Waals surface area contributed by atoms with Gasteiger partial charge in [-0.05, 0) is 43.4 Å². The highest BCUT2D eigenvalue weighted by atomic mass is 19.4. The Bertz CT molecular complexity index is 1430. The fourth-order valence-corrected chi connectivity index (χ4v) is 7.11. The number of nitrogens with zero attached hydrogens (tertiary/aromatic N) is 5. The van der Waals surface area contributed by atoms with Crippen molar-refractivity contribution in [3.05, 3.63) is 22.6 Å². The van der Waals surface area contributed by atoms with Crippen molar-refractivity contribution < 1.29 is 18.3 Å². The number of alkyl halides is 3. The van der Waals surface area contributed by atoms with Crippen molar-refractivity contribution in [2.45, 2.75) is 55.8 Å². The van der Waals surface area contributed by atoms with Gasteiger partial charge in [0.25, 0.3) is 5.56 Å². The number of nitrogens with two attached hydrogens (primary N) is 1. The Kier molecular flexibility index (Phi) is 4.22. The molecule has 0 bridgehead atoms. The van der Waals surface area contributed by atoms with Crippen LogP contribution in [0.5, 0.6) is 0 Å². The minimum atomic E-state index is -4.66. The number of nitrogen functional groups attached to an aromatic ring is 1. The maximum absolute atomic E-state index is 13.7. The van der Waals surface area contributed by atoms with Gasteiger partial charge >= 0.3 is 6.18 Å². The van der Waals surface area contributed by atoms with Gasteiger partial charge in [-0.15, -0.1) is 0 Å². The molecule has 36 heavy (non-hydrogen) atoms. The predicted molar refractivity (Wildman–Crippen MR) is 126 cm³/mol. The lowest BCUT2D eigenvalue weighted by Crippen LogP contribution is -2.53. The van der Waals surface area contributed by atoms with Crippen LogP contribution >= 0.6 is 0 Å². The summed E-state index contributed by atoms with van der Waals surface area (Å²) < 4.78 is 43.3. The lowest BCUT2D eigenvalue weighted by molar-refractivity contribution is -0.266. The van der Waals surface area contributed by atoms with Gasteiger partial charge in [0, 0.05) is 50.8 Å². The van der Waals surface area contributed by atoms with E-state index in [1.165, 1.54) is 0 Å². The van der Waals surface area contributed by atoms with Crippen molar-refractivity contribution in [1.82, 2.24) is 24.5 Å². The van der Waals surface area contributed by atoms with Crippen LogP contribution in [0.25, 0.3) is 22.2 Å². The number of fused-ring (bicyclic) bond motifs is 2. The SMILES string of the molecule is Cn1nc(-c2cn(C3(C4CC4)C4CCC43)c(=O)c3c(N)n[nH]c23)cc1N1CCC(O)(C(F)(F)F)CC1. The number of aliphatic hydroxyl groups is 1. The van der Waals surface area contributed by atoms with Crippen LogP contribution in [0.3, 0.4) is 0 Å². The molecule has 4 aliphatic rings. The largest absolute Gasteiger partial charge is 0.417 e. The molecule has 192 valence electrons. The van der Waals surface area contributed by atoms with E-state index in [9.17, 15) is 23.1 Å². The number of H-pyrrole nitrogens is 1. The molecule has 2 unspecified atom stereocenters. The lowest BCUT2D eigenvalue weighted by atomic mass is 9.91. The number of aromatic nitrogens is 5. The molecule has 0 amide bonds. The van der Waals surface area contributed by atoms with Crippen LogP contribution in [0.2, 0.25) is 0 Å². The molecule has 3 saturated carbocycles. The molecule has 7 rings (SSSR count). The third kappa shape index (κ3) is 2.73. The molecule has 3 aliphatic carbocycles. The molecule has 4 heterocycles. The van der Waals surface area contributed by atoms with Crippen LogP contribution < -0.4 is 16.2 Å². The summed E-state index contributed by atoms with van der Waals surface area (Å²) in [5.74, 6) is 2.37. The van der Waals surface area contributed by atoms with E-state index < -0.39 is 24.6 Å². The van der Waals surface area contributed by atoms with E-state index in [1.807, 2.05) is 16.8 Å². The summed E-state index contributed by atoms with van der Waals surface area (Å²) in [6, 6.07) is 1.82. The number of anilines is 2. The highest BCUT2D eigenvalue weighted by molar-refractivity contribution is 5.97. The maximum Gasteiger partial charge on any atom is 0.417 e. The number of piperidine rings is 1. The van der Waals surface area contributed by atoms with Crippen molar-refractivity contribution in [3.63, 3.8) is 0 Å². The number of halogens is 3. The van der Waals surface area contributed by atoms with Gasteiger partial charge in [-0.25, -0.2) is 0 Å². The van der Waals surface area contributed by atoms with E-state index in [0.717, 1.165) is 25.7 Å². The van der Waals surface area contributed by atoms with Gasteiger partial charge in [0.15, 0.2) is 11.4 Å². The standard InChI is InChI=1S/C24H28F3N7O2/c1-32-17(33-8-6-22(36,7-9-33)24(25,26)27)10-16(31-32)13-11-34(21(35)18-19(13)29-30-20(18)28)23(12-2-3-12)14-4-5-15(14)23/h10-12,14-15,36H,2-9H2,1H3,(H3,28,29,30). The predicted octanol–water partition coefficient (Wildman–Crippen LogP) is 2.75. The molecule has 1 saturated heterocycles. The summed E-state index contributed by atoms with van der Waals surface area (Å²) in [4.78, 5) is 15.5. The Balaban J connectivity index is 1.30. The van der Waals surface area contributed by atoms with Gasteiger partial charge in [-0.3, -0.25) is 14.6 Å². The zero-order valence-electron chi connectivity index (χ0n) is 19.8. The molecule has 2 atom stereocenters. The van der Waals surface area contributed by atoms with Gasteiger partial charge < -0.3 is 20.3 Å². The molecule has 4 fully saturated rings. The minimum Gasteiger partial charge on any atom is -0.382 e. The molecule has 1 aliphatic heterocycles. The van der Waals surface area contributed by atoms with Crippen LogP contribution in [0.4, 0.5) is 24.8 Å². The number of aromatic amines is 1. The fourth-order valence-electron chi connectivity index (χ4n) is 7.11. The Morgan fingerprint density at radius 2 is 1.83 bits per heavy atom. The summed E-state index contributed by atoms with van der Waals surface area (Å²) >= 11 is 0. The first-order chi connectivity index (χ1) is 17.1. The quantitative estimate of drug-likeness (QED) is 0.504. The Hall–Kier alpha value is -3.02. The highest BCUT2D eigenvalue weighted by Crippen LogP contribution is 2.75. The molecule has 3 aromatic heterocycles. The van der Waals surface area contributed by atoms with Crippen molar-refractivity contribution >= 4 is 22.5 Å². The number of nitrogens with one attached hydrogen (secondary N) is 1. The van der Waals surface area contributed by atoms with Crippen LogP contribution in [0.15, 0.2) is 17.1 Å². The molecule has 9 nitrogen and oxygen atoms in total. The first-order valence-electron chi connectivity index (χ1n) is 12.5. The van der Waals surface area contributed by atoms with Crippen LogP contribution in [-0.2, 0) is 12.6 Å². The number of pyridine rings is 1. The van der Waals surface area contributed by atoms with E-state index in [-0.39, 0.29) is 30.0 Å². The first kappa shape index (κ1) is 22.2. The van der Waals surface area contributed by atoms with Gasteiger partial charge in [-0.1, -0.05) is 0 Å². The second-order valence-corrected chi connectivity index (χ2v) is 11.1. The normalized spacial score (nSPS) is 29.3. The van der Waals surface area contributed by atoms with E-state index in [2.05, 4.69) is 15.3 Å². The van der Waals surface area contributed by atoms with Gasteiger partial charge in [0.2, 0.25) is 0 Å². The Morgan fingerprint density at radius 1 is 1.17 bits per heavy atom. The topological polar surface area (TPSA) is 118 Å². The molecular formula is C24H28F3N7O2. The number of hydrogen-bond donors (Lipinski definition) is 3. The van der Waals surface area contributed by atoms with E-state index in [4.69, 9.17) is 5.73 Å². The summed E-state index contributed by atoms with van der Waals surface area (Å²) in [6.45, 7) is 0.101. The maximum atomic E-state index is 13.7. The van der Waals surface area contributed by atoms with Crippen LogP contribution in [-0.4, -0.2) is 54.5 Å². The van der Waals surface area contributed by atoms with Crippen LogP contribution in [0, 0.1) is 17.8 Å². The smallest absolute Gasteiger partial charge is 0.382 e. The van der Waals surface area contributed by atoms with Crippen molar-refractivity contribution in [1.29, 1.82) is 0 Å².